The van der Waals surface area contributed by atoms with Crippen molar-refractivity contribution >= 4 is 28.0 Å². The monoisotopic (exact) mass is 512 g/mol. The summed E-state index contributed by atoms with van der Waals surface area (Å²) in [6, 6.07) is 16.1. The van der Waals surface area contributed by atoms with Crippen LogP contribution in [0.5, 0.6) is 0 Å². The van der Waals surface area contributed by atoms with E-state index in [2.05, 4.69) is 0 Å². The van der Waals surface area contributed by atoms with Crippen LogP contribution >= 0.6 is 0 Å². The van der Waals surface area contributed by atoms with Crippen molar-refractivity contribution in [2.24, 2.45) is 0 Å². The fraction of sp³-hybridized carbons (Fsp3) is 0.429. The van der Waals surface area contributed by atoms with Gasteiger partial charge in [0.2, 0.25) is 10.0 Å². The molecule has 0 saturated carbocycles. The normalized spacial score (nSPS) is 15.4. The van der Waals surface area contributed by atoms with E-state index in [0.29, 0.717) is 25.2 Å². The van der Waals surface area contributed by atoms with Gasteiger partial charge in [-0.05, 0) is 62.9 Å². The molecule has 1 aliphatic rings. The molecule has 1 amide bonds. The lowest BCUT2D eigenvalue weighted by Gasteiger charge is -2.35. The molecule has 1 fully saturated rings. The zero-order valence-corrected chi connectivity index (χ0v) is 22.2. The number of sulfonamides is 1. The summed E-state index contributed by atoms with van der Waals surface area (Å²) in [6.07, 6.45) is 6.65. The summed E-state index contributed by atoms with van der Waals surface area (Å²) >= 11 is 0. The molecular formula is C28H36N2O5S. The van der Waals surface area contributed by atoms with Gasteiger partial charge in [0.05, 0.1) is 4.90 Å². The Morgan fingerprint density at radius 3 is 2.14 bits per heavy atom. The summed E-state index contributed by atoms with van der Waals surface area (Å²) in [5.74, 6) is -0.922. The number of esters is 1. The van der Waals surface area contributed by atoms with Crippen molar-refractivity contribution in [1.29, 1.82) is 0 Å². The first-order valence-electron chi connectivity index (χ1n) is 12.4. The van der Waals surface area contributed by atoms with Gasteiger partial charge in [-0.1, -0.05) is 55.3 Å². The first kappa shape index (κ1) is 27.6. The smallest absolute Gasteiger partial charge is 0.331 e. The third kappa shape index (κ3) is 7.77. The van der Waals surface area contributed by atoms with E-state index in [0.717, 1.165) is 31.2 Å². The molecule has 0 spiro atoms. The topological polar surface area (TPSA) is 84.0 Å². The first-order valence-corrected chi connectivity index (χ1v) is 13.8. The molecule has 0 radical (unpaired) electrons. The highest BCUT2D eigenvalue weighted by Crippen LogP contribution is 2.21. The van der Waals surface area contributed by atoms with Crippen molar-refractivity contribution < 1.29 is 22.7 Å². The number of benzene rings is 2. The van der Waals surface area contributed by atoms with Crippen LogP contribution in [0.2, 0.25) is 0 Å². The van der Waals surface area contributed by atoms with Crippen LogP contribution in [0.1, 0.15) is 57.6 Å². The summed E-state index contributed by atoms with van der Waals surface area (Å²) in [6.45, 7) is 6.97. The highest BCUT2D eigenvalue weighted by atomic mass is 32.2. The maximum atomic E-state index is 12.9. The maximum absolute atomic E-state index is 12.9. The van der Waals surface area contributed by atoms with Gasteiger partial charge in [0.25, 0.3) is 5.91 Å². The summed E-state index contributed by atoms with van der Waals surface area (Å²) in [5, 5.41) is 0. The summed E-state index contributed by atoms with van der Waals surface area (Å²) < 4.78 is 32.6. The highest BCUT2D eigenvalue weighted by Gasteiger charge is 2.27. The molecular weight excluding hydrogens is 476 g/mol. The van der Waals surface area contributed by atoms with Crippen LogP contribution in [-0.4, -0.2) is 54.7 Å². The molecule has 36 heavy (non-hydrogen) atoms. The Bertz CT molecular complexity index is 1140. The molecule has 1 aliphatic heterocycles. The number of hydrogen-bond acceptors (Lipinski definition) is 5. The maximum Gasteiger partial charge on any atom is 0.331 e. The molecule has 0 bridgehead atoms. The quantitative estimate of drug-likeness (QED) is 0.380. The Morgan fingerprint density at radius 2 is 1.56 bits per heavy atom. The van der Waals surface area contributed by atoms with Crippen molar-refractivity contribution in [3.63, 3.8) is 0 Å². The van der Waals surface area contributed by atoms with Crippen molar-refractivity contribution in [1.82, 2.24) is 9.21 Å². The van der Waals surface area contributed by atoms with Gasteiger partial charge in [-0.15, -0.1) is 0 Å². The largest absolute Gasteiger partial charge is 0.452 e. The van der Waals surface area contributed by atoms with Crippen LogP contribution in [0.25, 0.3) is 6.08 Å². The molecule has 8 heteroatoms. The second-order valence-corrected chi connectivity index (χ2v) is 11.9. The van der Waals surface area contributed by atoms with Crippen LogP contribution in [0.15, 0.2) is 65.6 Å². The molecule has 0 aliphatic carbocycles. The Kier molecular flexibility index (Phi) is 9.45. The van der Waals surface area contributed by atoms with Crippen molar-refractivity contribution in [3.8, 4) is 0 Å². The molecule has 1 heterocycles. The fourth-order valence-corrected chi connectivity index (χ4v) is 5.59. The van der Waals surface area contributed by atoms with Crippen LogP contribution in [0.4, 0.5) is 0 Å². The van der Waals surface area contributed by atoms with E-state index in [1.54, 1.807) is 39.5 Å². The number of ether oxygens (including phenoxy) is 1. The highest BCUT2D eigenvalue weighted by molar-refractivity contribution is 7.89. The predicted octanol–water partition coefficient (Wildman–Crippen LogP) is 4.64. The van der Waals surface area contributed by atoms with Crippen LogP contribution < -0.4 is 0 Å². The van der Waals surface area contributed by atoms with E-state index in [9.17, 15) is 18.0 Å². The standard InChI is InChI=1S/C28H36N2O5S/c1-28(2,3)30(21-24-11-7-6-8-12-24)26(31)22-35-27(32)18-15-23-13-16-25(17-14-23)36(33,34)29-19-9-4-5-10-20-29/h6-8,11-18H,4-5,9-10,19-22H2,1-3H3. The Morgan fingerprint density at radius 1 is 0.944 bits per heavy atom. The number of hydrogen-bond donors (Lipinski definition) is 0. The van der Waals surface area contributed by atoms with Crippen molar-refractivity contribution in [3.05, 3.63) is 71.8 Å². The van der Waals surface area contributed by atoms with Crippen LogP contribution in [0, 0.1) is 0 Å². The Labute approximate surface area is 214 Å². The van der Waals surface area contributed by atoms with Gasteiger partial charge in [0.1, 0.15) is 0 Å². The van der Waals surface area contributed by atoms with Crippen LogP contribution in [-0.2, 0) is 30.9 Å². The number of nitrogens with zero attached hydrogens (tertiary/aromatic N) is 2. The van der Waals surface area contributed by atoms with Crippen LogP contribution in [0.3, 0.4) is 0 Å². The molecule has 2 aromatic rings. The third-order valence-electron chi connectivity index (χ3n) is 6.13. The molecule has 3 rings (SSSR count). The summed E-state index contributed by atoms with van der Waals surface area (Å²) in [4.78, 5) is 27.0. The minimum absolute atomic E-state index is 0.246. The second kappa shape index (κ2) is 12.3. The number of rotatable bonds is 8. The van der Waals surface area contributed by atoms with E-state index < -0.39 is 21.5 Å². The average molecular weight is 513 g/mol. The van der Waals surface area contributed by atoms with E-state index in [1.165, 1.54) is 6.08 Å². The van der Waals surface area contributed by atoms with E-state index in [4.69, 9.17) is 4.74 Å². The average Bonchev–Trinajstić information content (AvgIpc) is 3.15. The van der Waals surface area contributed by atoms with Gasteiger partial charge in [0, 0.05) is 31.2 Å². The van der Waals surface area contributed by atoms with Gasteiger partial charge >= 0.3 is 5.97 Å². The Balaban J connectivity index is 1.56. The molecule has 7 nitrogen and oxygen atoms in total. The lowest BCUT2D eigenvalue weighted by atomic mass is 10.0. The van der Waals surface area contributed by atoms with Gasteiger partial charge in [-0.2, -0.15) is 4.31 Å². The van der Waals surface area contributed by atoms with Crippen molar-refractivity contribution in [2.45, 2.75) is 63.4 Å². The minimum atomic E-state index is -3.52. The fourth-order valence-electron chi connectivity index (χ4n) is 4.07. The molecule has 0 unspecified atom stereocenters. The lowest BCUT2D eigenvalue weighted by molar-refractivity contribution is -0.151. The van der Waals surface area contributed by atoms with Crippen molar-refractivity contribution in [2.75, 3.05) is 19.7 Å². The molecule has 2 aromatic carbocycles. The zero-order chi connectivity index (χ0) is 26.2. The number of carbonyl (C=O) groups excluding carboxylic acids is 2. The molecule has 0 atom stereocenters. The zero-order valence-electron chi connectivity index (χ0n) is 21.4. The third-order valence-corrected chi connectivity index (χ3v) is 8.04. The lowest BCUT2D eigenvalue weighted by Crippen LogP contribution is -2.46. The SMILES string of the molecule is CC(C)(C)N(Cc1ccccc1)C(=O)COC(=O)C=Cc1ccc(S(=O)(=O)N2CCCCCC2)cc1. The summed E-state index contributed by atoms with van der Waals surface area (Å²) in [7, 11) is -3.52. The van der Waals surface area contributed by atoms with E-state index in [1.807, 2.05) is 51.1 Å². The van der Waals surface area contributed by atoms with E-state index in [-0.39, 0.29) is 17.4 Å². The van der Waals surface area contributed by atoms with E-state index >= 15 is 0 Å². The van der Waals surface area contributed by atoms with Gasteiger partial charge in [-0.3, -0.25) is 4.79 Å². The minimum Gasteiger partial charge on any atom is -0.452 e. The Hall–Kier alpha value is -2.97. The molecule has 0 N–H and O–H groups in total. The second-order valence-electron chi connectivity index (χ2n) is 9.96. The van der Waals surface area contributed by atoms with Gasteiger partial charge < -0.3 is 9.64 Å². The number of carbonyl (C=O) groups is 2. The molecule has 194 valence electrons. The molecule has 0 aromatic heterocycles. The molecule has 1 saturated heterocycles. The van der Waals surface area contributed by atoms with Gasteiger partial charge in [0.15, 0.2) is 6.61 Å². The van der Waals surface area contributed by atoms with Gasteiger partial charge in [-0.25, -0.2) is 13.2 Å². The first-order chi connectivity index (χ1) is 17.1. The summed E-state index contributed by atoms with van der Waals surface area (Å²) in [5.41, 5.74) is 1.21. The number of amides is 1. The predicted molar refractivity (Wildman–Crippen MR) is 140 cm³/mol.